The van der Waals surface area contributed by atoms with Gasteiger partial charge >= 0.3 is 5.97 Å². The molecule has 1 aliphatic heterocycles. The standard InChI is InChI=1S/C25H27ClN4O3/c1-2-33-22(31)18-30-25(32)23(26)21(17-27-30)28-13-15-29(16-14-28)24(19-9-5-3-6-10-19)20-11-7-4-8-12-20/h3-12,17,24H,2,13-16,18H2,1H3. The van der Waals surface area contributed by atoms with Crippen molar-refractivity contribution in [2.45, 2.75) is 19.5 Å². The van der Waals surface area contributed by atoms with E-state index < -0.39 is 11.5 Å². The van der Waals surface area contributed by atoms with Gasteiger partial charge in [-0.3, -0.25) is 14.5 Å². The second-order valence-corrected chi connectivity index (χ2v) is 8.24. The van der Waals surface area contributed by atoms with Gasteiger partial charge in [-0.05, 0) is 18.1 Å². The molecule has 0 N–H and O–H groups in total. The van der Waals surface area contributed by atoms with E-state index in [2.05, 4.69) is 63.4 Å². The molecule has 0 spiro atoms. The van der Waals surface area contributed by atoms with Crippen LogP contribution in [0.1, 0.15) is 24.1 Å². The van der Waals surface area contributed by atoms with Gasteiger partial charge in [-0.1, -0.05) is 72.3 Å². The van der Waals surface area contributed by atoms with E-state index in [1.807, 2.05) is 12.1 Å². The van der Waals surface area contributed by atoms with Crippen LogP contribution in [0.2, 0.25) is 5.02 Å². The first-order valence-corrected chi connectivity index (χ1v) is 11.5. The van der Waals surface area contributed by atoms with Crippen molar-refractivity contribution in [1.29, 1.82) is 0 Å². The number of carbonyl (C=O) groups is 1. The van der Waals surface area contributed by atoms with Gasteiger partial charge in [0.2, 0.25) is 0 Å². The molecule has 0 bridgehead atoms. The summed E-state index contributed by atoms with van der Waals surface area (Å²) >= 11 is 6.40. The molecule has 4 rings (SSSR count). The third-order valence-electron chi connectivity index (χ3n) is 5.80. The van der Waals surface area contributed by atoms with Crippen LogP contribution in [0, 0.1) is 0 Å². The topological polar surface area (TPSA) is 67.7 Å². The molecular formula is C25H27ClN4O3. The van der Waals surface area contributed by atoms with Crippen LogP contribution in [-0.2, 0) is 16.1 Å². The van der Waals surface area contributed by atoms with E-state index in [-0.39, 0.29) is 24.2 Å². The molecule has 33 heavy (non-hydrogen) atoms. The number of anilines is 1. The third-order valence-corrected chi connectivity index (χ3v) is 6.16. The van der Waals surface area contributed by atoms with E-state index in [4.69, 9.17) is 16.3 Å². The largest absolute Gasteiger partial charge is 0.465 e. The summed E-state index contributed by atoms with van der Waals surface area (Å²) in [7, 11) is 0. The molecule has 0 atom stereocenters. The normalized spacial score (nSPS) is 14.5. The Morgan fingerprint density at radius 2 is 1.58 bits per heavy atom. The number of esters is 1. The molecule has 2 heterocycles. The smallest absolute Gasteiger partial charge is 0.327 e. The molecule has 1 saturated heterocycles. The summed E-state index contributed by atoms with van der Waals surface area (Å²) in [6.07, 6.45) is 1.56. The number of carbonyl (C=O) groups excluding carboxylic acids is 1. The minimum absolute atomic E-state index is 0.0745. The van der Waals surface area contributed by atoms with Crippen LogP contribution in [-0.4, -0.2) is 53.4 Å². The lowest BCUT2D eigenvalue weighted by molar-refractivity contribution is -0.144. The fourth-order valence-electron chi connectivity index (χ4n) is 4.22. The first-order chi connectivity index (χ1) is 16.1. The Labute approximate surface area is 198 Å². The van der Waals surface area contributed by atoms with E-state index in [9.17, 15) is 9.59 Å². The highest BCUT2D eigenvalue weighted by Gasteiger charge is 2.28. The first kappa shape index (κ1) is 23.0. The highest BCUT2D eigenvalue weighted by Crippen LogP contribution is 2.31. The lowest BCUT2D eigenvalue weighted by Crippen LogP contribution is -2.48. The second-order valence-electron chi connectivity index (χ2n) is 7.86. The van der Waals surface area contributed by atoms with Gasteiger partial charge in [0.05, 0.1) is 24.5 Å². The molecule has 7 nitrogen and oxygen atoms in total. The summed E-state index contributed by atoms with van der Waals surface area (Å²) in [5.74, 6) is -0.516. The van der Waals surface area contributed by atoms with Crippen LogP contribution in [0.4, 0.5) is 5.69 Å². The third kappa shape index (κ3) is 5.26. The van der Waals surface area contributed by atoms with Gasteiger partial charge in [0.1, 0.15) is 11.6 Å². The molecule has 0 saturated carbocycles. The SMILES string of the molecule is CCOC(=O)Cn1ncc(N2CCN(C(c3ccccc3)c3ccccc3)CC2)c(Cl)c1=O. The molecule has 1 aliphatic rings. The minimum atomic E-state index is -0.516. The van der Waals surface area contributed by atoms with Crippen LogP contribution in [0.25, 0.3) is 0 Å². The predicted octanol–water partition coefficient (Wildman–Crippen LogP) is 3.37. The van der Waals surface area contributed by atoms with Crippen molar-refractivity contribution in [2.24, 2.45) is 0 Å². The molecular weight excluding hydrogens is 440 g/mol. The number of ether oxygens (including phenoxy) is 1. The molecule has 172 valence electrons. The Kier molecular flexibility index (Phi) is 7.42. The lowest BCUT2D eigenvalue weighted by atomic mass is 9.96. The van der Waals surface area contributed by atoms with E-state index >= 15 is 0 Å². The number of rotatable bonds is 7. The fourth-order valence-corrected chi connectivity index (χ4v) is 4.49. The maximum atomic E-state index is 12.6. The minimum Gasteiger partial charge on any atom is -0.465 e. The maximum Gasteiger partial charge on any atom is 0.327 e. The monoisotopic (exact) mass is 466 g/mol. The maximum absolute atomic E-state index is 12.6. The highest BCUT2D eigenvalue weighted by atomic mass is 35.5. The zero-order valence-corrected chi connectivity index (χ0v) is 19.3. The number of hydrogen-bond acceptors (Lipinski definition) is 6. The zero-order valence-electron chi connectivity index (χ0n) is 18.6. The number of piperazine rings is 1. The second kappa shape index (κ2) is 10.6. The molecule has 0 radical (unpaired) electrons. The van der Waals surface area contributed by atoms with Gasteiger partial charge in [-0.2, -0.15) is 5.10 Å². The van der Waals surface area contributed by atoms with Crippen LogP contribution >= 0.6 is 11.6 Å². The summed E-state index contributed by atoms with van der Waals surface area (Å²) in [4.78, 5) is 28.9. The molecule has 0 unspecified atom stereocenters. The summed E-state index contributed by atoms with van der Waals surface area (Å²) in [6, 6.07) is 21.1. The van der Waals surface area contributed by atoms with Crippen molar-refractivity contribution in [1.82, 2.24) is 14.7 Å². The zero-order chi connectivity index (χ0) is 23.2. The Hall–Kier alpha value is -3.16. The summed E-state index contributed by atoms with van der Waals surface area (Å²) in [5, 5.41) is 4.22. The molecule has 3 aromatic rings. The average molecular weight is 467 g/mol. The first-order valence-electron chi connectivity index (χ1n) is 11.1. The lowest BCUT2D eigenvalue weighted by Gasteiger charge is -2.40. The number of hydrogen-bond donors (Lipinski definition) is 0. The average Bonchev–Trinajstić information content (AvgIpc) is 2.84. The van der Waals surface area contributed by atoms with Gasteiger partial charge in [0.15, 0.2) is 0 Å². The van der Waals surface area contributed by atoms with Crippen LogP contribution in [0.3, 0.4) is 0 Å². The van der Waals surface area contributed by atoms with Crippen molar-refractivity contribution in [3.63, 3.8) is 0 Å². The van der Waals surface area contributed by atoms with Gasteiger partial charge in [-0.15, -0.1) is 0 Å². The van der Waals surface area contributed by atoms with Crippen molar-refractivity contribution in [3.05, 3.63) is 93.4 Å². The molecule has 0 aliphatic carbocycles. The number of aromatic nitrogens is 2. The fraction of sp³-hybridized carbons (Fsp3) is 0.320. The predicted molar refractivity (Wildman–Crippen MR) is 129 cm³/mol. The van der Waals surface area contributed by atoms with Gasteiger partial charge in [0.25, 0.3) is 5.56 Å². The van der Waals surface area contributed by atoms with E-state index in [1.165, 1.54) is 11.1 Å². The van der Waals surface area contributed by atoms with Crippen molar-refractivity contribution in [2.75, 3.05) is 37.7 Å². The van der Waals surface area contributed by atoms with Crippen molar-refractivity contribution >= 4 is 23.3 Å². The highest BCUT2D eigenvalue weighted by molar-refractivity contribution is 6.33. The summed E-state index contributed by atoms with van der Waals surface area (Å²) in [5.41, 5.74) is 2.60. The number of benzene rings is 2. The molecule has 2 aromatic carbocycles. The van der Waals surface area contributed by atoms with Crippen LogP contribution < -0.4 is 10.5 Å². The Balaban J connectivity index is 1.50. The number of nitrogens with zero attached hydrogens (tertiary/aromatic N) is 4. The van der Waals surface area contributed by atoms with E-state index in [1.54, 1.807) is 13.1 Å². The molecule has 0 amide bonds. The molecule has 8 heteroatoms. The van der Waals surface area contributed by atoms with E-state index in [0.29, 0.717) is 18.8 Å². The number of halogens is 1. The quantitative estimate of drug-likeness (QED) is 0.497. The van der Waals surface area contributed by atoms with Crippen LogP contribution in [0.5, 0.6) is 0 Å². The van der Waals surface area contributed by atoms with Gasteiger partial charge in [-0.25, -0.2) is 4.68 Å². The Bertz CT molecular complexity index is 1090. The molecule has 1 fully saturated rings. The van der Waals surface area contributed by atoms with Gasteiger partial charge < -0.3 is 9.64 Å². The summed E-state index contributed by atoms with van der Waals surface area (Å²) < 4.78 is 5.94. The molecule has 1 aromatic heterocycles. The Morgan fingerprint density at radius 3 is 2.12 bits per heavy atom. The van der Waals surface area contributed by atoms with Crippen LogP contribution in [0.15, 0.2) is 71.7 Å². The van der Waals surface area contributed by atoms with Gasteiger partial charge in [0, 0.05) is 26.2 Å². The summed E-state index contributed by atoms with van der Waals surface area (Å²) in [6.45, 7) is 4.72. The van der Waals surface area contributed by atoms with E-state index in [0.717, 1.165) is 17.8 Å². The van der Waals surface area contributed by atoms with Crippen molar-refractivity contribution in [3.8, 4) is 0 Å². The van der Waals surface area contributed by atoms with Crippen molar-refractivity contribution < 1.29 is 9.53 Å². The Morgan fingerprint density at radius 1 is 1.00 bits per heavy atom.